The summed E-state index contributed by atoms with van der Waals surface area (Å²) in [5, 5.41) is 15.5. The lowest BCUT2D eigenvalue weighted by molar-refractivity contribution is -0.384. The fourth-order valence-electron chi connectivity index (χ4n) is 4.51. The fraction of sp³-hybridized carbons (Fsp3) is 0.154. The first-order valence-corrected chi connectivity index (χ1v) is 11.3. The van der Waals surface area contributed by atoms with Gasteiger partial charge in [0, 0.05) is 18.0 Å². The number of furan rings is 1. The molecule has 1 N–H and O–H groups in total. The lowest BCUT2D eigenvalue weighted by atomic mass is 10.0. The molecule has 170 valence electrons. The largest absolute Gasteiger partial charge is 0.459 e. The molecule has 0 spiro atoms. The topological polar surface area (TPSA) is 84.4 Å². The van der Waals surface area contributed by atoms with Gasteiger partial charge < -0.3 is 14.6 Å². The van der Waals surface area contributed by atoms with Crippen molar-refractivity contribution in [2.45, 2.75) is 25.9 Å². The van der Waals surface area contributed by atoms with E-state index in [0.717, 1.165) is 22.5 Å². The molecule has 8 heteroatoms. The monoisotopic (exact) mass is 470 g/mol. The van der Waals surface area contributed by atoms with E-state index in [0.29, 0.717) is 22.2 Å². The summed E-state index contributed by atoms with van der Waals surface area (Å²) in [6, 6.07) is 21.6. The van der Waals surface area contributed by atoms with Crippen molar-refractivity contribution in [3.05, 3.63) is 112 Å². The Labute approximate surface area is 202 Å². The first-order chi connectivity index (χ1) is 16.4. The van der Waals surface area contributed by atoms with E-state index in [-0.39, 0.29) is 17.8 Å². The Kier molecular flexibility index (Phi) is 5.59. The van der Waals surface area contributed by atoms with Crippen molar-refractivity contribution in [3.8, 4) is 11.3 Å². The number of hydrogen-bond acceptors (Lipinski definition) is 5. The van der Waals surface area contributed by atoms with Gasteiger partial charge in [-0.3, -0.25) is 15.1 Å². The van der Waals surface area contributed by atoms with Crippen molar-refractivity contribution < 1.29 is 9.34 Å². The van der Waals surface area contributed by atoms with E-state index in [1.165, 1.54) is 6.07 Å². The molecule has 1 aliphatic rings. The van der Waals surface area contributed by atoms with E-state index in [9.17, 15) is 10.1 Å². The smallest absolute Gasteiger partial charge is 0.280 e. The summed E-state index contributed by atoms with van der Waals surface area (Å²) in [4.78, 5) is 17.8. The van der Waals surface area contributed by atoms with Gasteiger partial charge in [-0.1, -0.05) is 24.3 Å². The number of thiocarbonyl (C=S) groups is 1. The summed E-state index contributed by atoms with van der Waals surface area (Å²) < 4.78 is 6.28. The maximum Gasteiger partial charge on any atom is 0.280 e. The van der Waals surface area contributed by atoms with E-state index in [2.05, 4.69) is 28.5 Å². The Morgan fingerprint density at radius 3 is 2.47 bits per heavy atom. The highest BCUT2D eigenvalue weighted by Crippen LogP contribution is 2.44. The maximum absolute atomic E-state index is 11.6. The number of anilines is 1. The van der Waals surface area contributed by atoms with E-state index < -0.39 is 4.92 Å². The van der Waals surface area contributed by atoms with Crippen LogP contribution in [0.4, 0.5) is 11.4 Å². The van der Waals surface area contributed by atoms with Crippen molar-refractivity contribution in [1.82, 2.24) is 10.3 Å². The third kappa shape index (κ3) is 3.92. The van der Waals surface area contributed by atoms with Crippen LogP contribution in [0, 0.1) is 24.0 Å². The zero-order valence-corrected chi connectivity index (χ0v) is 19.5. The molecule has 1 saturated heterocycles. The highest BCUT2D eigenvalue weighted by molar-refractivity contribution is 7.80. The Morgan fingerprint density at radius 2 is 1.76 bits per heavy atom. The number of nitro groups is 1. The summed E-state index contributed by atoms with van der Waals surface area (Å²) in [5.41, 5.74) is 4.44. The minimum absolute atomic E-state index is 0.00379. The molecule has 3 heterocycles. The third-order valence-corrected chi connectivity index (χ3v) is 6.18. The van der Waals surface area contributed by atoms with Crippen molar-refractivity contribution in [2.75, 3.05) is 4.90 Å². The molecule has 0 bridgehead atoms. The Hall–Kier alpha value is -4.04. The number of rotatable bonds is 5. The second-order valence-electron chi connectivity index (χ2n) is 8.32. The van der Waals surface area contributed by atoms with Gasteiger partial charge in [0.2, 0.25) is 0 Å². The molecule has 7 nitrogen and oxygen atoms in total. The maximum atomic E-state index is 11.6. The van der Waals surface area contributed by atoms with Gasteiger partial charge >= 0.3 is 0 Å². The van der Waals surface area contributed by atoms with Crippen LogP contribution in [0.25, 0.3) is 11.3 Å². The van der Waals surface area contributed by atoms with Crippen molar-refractivity contribution >= 4 is 28.7 Å². The van der Waals surface area contributed by atoms with Crippen molar-refractivity contribution in [1.29, 1.82) is 0 Å². The number of aryl methyl sites for hydroxylation is 2. The molecule has 34 heavy (non-hydrogen) atoms. The number of pyridine rings is 1. The fourth-order valence-corrected chi connectivity index (χ4v) is 4.86. The minimum Gasteiger partial charge on any atom is -0.459 e. The summed E-state index contributed by atoms with van der Waals surface area (Å²) in [6.07, 6.45) is 1.75. The molecule has 0 unspecified atom stereocenters. The van der Waals surface area contributed by atoms with Crippen LogP contribution in [0.5, 0.6) is 0 Å². The molecule has 4 aromatic rings. The molecular formula is C26H22N4O3S. The van der Waals surface area contributed by atoms with Gasteiger partial charge in [0.05, 0.1) is 22.2 Å². The standard InChI is InChI=1S/C26H22N4O3S/c1-16-13-17(2)15-18(14-16)29-25(24(28-26(29)34)20-8-5-6-12-27-20)23-11-10-22(33-23)19-7-3-4-9-21(19)30(31)32/h3-15,24-25H,1-2H3,(H,28,34)/t24-,25+/m0/s1. The van der Waals surface area contributed by atoms with Crippen LogP contribution in [0.2, 0.25) is 0 Å². The molecule has 0 saturated carbocycles. The van der Waals surface area contributed by atoms with Crippen molar-refractivity contribution in [3.63, 3.8) is 0 Å². The van der Waals surface area contributed by atoms with Gasteiger partial charge in [0.1, 0.15) is 17.6 Å². The predicted octanol–water partition coefficient (Wildman–Crippen LogP) is 6.04. The molecule has 0 aliphatic carbocycles. The zero-order chi connectivity index (χ0) is 23.8. The van der Waals surface area contributed by atoms with E-state index >= 15 is 0 Å². The number of nitro benzene ring substituents is 1. The summed E-state index contributed by atoms with van der Waals surface area (Å²) in [6.45, 7) is 4.10. The van der Waals surface area contributed by atoms with Crippen LogP contribution in [0.3, 0.4) is 0 Å². The molecule has 1 aliphatic heterocycles. The molecule has 0 radical (unpaired) electrons. The average Bonchev–Trinajstić information content (AvgIpc) is 3.43. The zero-order valence-electron chi connectivity index (χ0n) is 18.6. The van der Waals surface area contributed by atoms with Gasteiger partial charge in [-0.2, -0.15) is 0 Å². The van der Waals surface area contributed by atoms with Gasteiger partial charge in [-0.25, -0.2) is 0 Å². The number of para-hydroxylation sites is 1. The van der Waals surface area contributed by atoms with Gasteiger partial charge in [-0.15, -0.1) is 0 Å². The summed E-state index contributed by atoms with van der Waals surface area (Å²) in [5.74, 6) is 1.07. The number of aromatic nitrogens is 1. The summed E-state index contributed by atoms with van der Waals surface area (Å²) in [7, 11) is 0. The van der Waals surface area contributed by atoms with Crippen LogP contribution in [-0.4, -0.2) is 15.0 Å². The Morgan fingerprint density at radius 1 is 1.03 bits per heavy atom. The quantitative estimate of drug-likeness (QED) is 0.216. The van der Waals surface area contributed by atoms with Crippen LogP contribution >= 0.6 is 12.2 Å². The third-order valence-electron chi connectivity index (χ3n) is 5.87. The summed E-state index contributed by atoms with van der Waals surface area (Å²) >= 11 is 5.77. The SMILES string of the molecule is Cc1cc(C)cc(N2C(=S)N[C@@H](c3ccccn3)[C@H]2c2ccc(-c3ccccc3[N+](=O)[O-])o2)c1. The van der Waals surface area contributed by atoms with Gasteiger partial charge in [0.25, 0.3) is 5.69 Å². The molecular weight excluding hydrogens is 448 g/mol. The van der Waals surface area contributed by atoms with Crippen molar-refractivity contribution in [2.24, 2.45) is 0 Å². The van der Waals surface area contributed by atoms with Crippen LogP contribution in [0.1, 0.15) is 34.7 Å². The van der Waals surface area contributed by atoms with Gasteiger partial charge in [-0.05, 0) is 79.7 Å². The second kappa shape index (κ2) is 8.72. The van der Waals surface area contributed by atoms with E-state index in [4.69, 9.17) is 16.6 Å². The Balaban J connectivity index is 1.64. The van der Waals surface area contributed by atoms with E-state index in [1.54, 1.807) is 30.5 Å². The molecule has 0 amide bonds. The first-order valence-electron chi connectivity index (χ1n) is 10.8. The first kappa shape index (κ1) is 21.8. The van der Waals surface area contributed by atoms with Crippen LogP contribution in [-0.2, 0) is 0 Å². The number of nitrogens with one attached hydrogen (secondary N) is 1. The number of benzene rings is 2. The molecule has 2 atom stereocenters. The molecule has 2 aromatic carbocycles. The highest BCUT2D eigenvalue weighted by atomic mass is 32.1. The average molecular weight is 471 g/mol. The Bertz CT molecular complexity index is 1370. The second-order valence-corrected chi connectivity index (χ2v) is 8.71. The minimum atomic E-state index is -0.400. The van der Waals surface area contributed by atoms with Gasteiger partial charge in [0.15, 0.2) is 5.11 Å². The number of nitrogens with zero attached hydrogens (tertiary/aromatic N) is 3. The molecule has 2 aromatic heterocycles. The molecule has 5 rings (SSSR count). The predicted molar refractivity (Wildman–Crippen MR) is 135 cm³/mol. The lowest BCUT2D eigenvalue weighted by Crippen LogP contribution is -2.29. The van der Waals surface area contributed by atoms with Crippen LogP contribution in [0.15, 0.2) is 83.4 Å². The number of hydrogen-bond donors (Lipinski definition) is 1. The van der Waals surface area contributed by atoms with Crippen LogP contribution < -0.4 is 10.2 Å². The molecule has 1 fully saturated rings. The highest BCUT2D eigenvalue weighted by Gasteiger charge is 2.42. The normalized spacial score (nSPS) is 17.6. The van der Waals surface area contributed by atoms with E-state index in [1.807, 2.05) is 43.0 Å². The lowest BCUT2D eigenvalue weighted by Gasteiger charge is -2.26.